The Kier molecular flexibility index (Phi) is 5.49. The van der Waals surface area contributed by atoms with Gasteiger partial charge in [0.15, 0.2) is 0 Å². The smallest absolute Gasteiger partial charge is 0.241 e. The molecular formula is C22H28N6O. The topological polar surface area (TPSA) is 68.0 Å². The molecule has 1 saturated heterocycles. The van der Waals surface area contributed by atoms with E-state index < -0.39 is 0 Å². The summed E-state index contributed by atoms with van der Waals surface area (Å²) in [6.45, 7) is 8.66. The predicted octanol–water partition coefficient (Wildman–Crippen LogP) is 3.31. The van der Waals surface area contributed by atoms with E-state index in [1.165, 1.54) is 5.56 Å². The largest absolute Gasteiger partial charge is 0.325 e. The highest BCUT2D eigenvalue weighted by Crippen LogP contribution is 2.23. The summed E-state index contributed by atoms with van der Waals surface area (Å²) >= 11 is 0. The SMILES string of the molecule is CCn1cc(CN2CCC[C@@H]2C(=O)Nc2ccc(-n3ccnc3C)cc2)c(C)n1. The molecule has 3 heterocycles. The number of nitrogens with one attached hydrogen (secondary N) is 1. The maximum absolute atomic E-state index is 12.9. The number of amides is 1. The van der Waals surface area contributed by atoms with Crippen molar-refractivity contribution in [3.05, 3.63) is 59.9 Å². The number of anilines is 1. The van der Waals surface area contributed by atoms with Gasteiger partial charge in [-0.2, -0.15) is 5.10 Å². The van der Waals surface area contributed by atoms with Gasteiger partial charge < -0.3 is 9.88 Å². The molecule has 1 amide bonds. The molecule has 0 bridgehead atoms. The Labute approximate surface area is 171 Å². The number of rotatable bonds is 6. The van der Waals surface area contributed by atoms with Crippen LogP contribution >= 0.6 is 0 Å². The van der Waals surface area contributed by atoms with E-state index in [2.05, 4.69) is 33.4 Å². The first kappa shape index (κ1) is 19.4. The molecular weight excluding hydrogens is 364 g/mol. The van der Waals surface area contributed by atoms with Crippen LogP contribution in [0, 0.1) is 13.8 Å². The van der Waals surface area contributed by atoms with Crippen LogP contribution in [0.15, 0.2) is 42.9 Å². The summed E-state index contributed by atoms with van der Waals surface area (Å²) in [5.74, 6) is 1.000. The van der Waals surface area contributed by atoms with E-state index in [0.29, 0.717) is 0 Å². The summed E-state index contributed by atoms with van der Waals surface area (Å²) in [7, 11) is 0. The zero-order valence-electron chi connectivity index (χ0n) is 17.3. The van der Waals surface area contributed by atoms with Gasteiger partial charge in [-0.25, -0.2) is 4.98 Å². The van der Waals surface area contributed by atoms with Crippen LogP contribution in [0.25, 0.3) is 5.69 Å². The summed E-state index contributed by atoms with van der Waals surface area (Å²) in [4.78, 5) is 19.5. The summed E-state index contributed by atoms with van der Waals surface area (Å²) in [6, 6.07) is 7.79. The van der Waals surface area contributed by atoms with Gasteiger partial charge >= 0.3 is 0 Å². The predicted molar refractivity (Wildman–Crippen MR) is 113 cm³/mol. The lowest BCUT2D eigenvalue weighted by Gasteiger charge is -2.23. The molecule has 1 atom stereocenters. The second-order valence-electron chi connectivity index (χ2n) is 7.60. The van der Waals surface area contributed by atoms with Crippen molar-refractivity contribution in [2.75, 3.05) is 11.9 Å². The molecule has 4 rings (SSSR count). The third-order valence-corrected chi connectivity index (χ3v) is 5.65. The quantitative estimate of drug-likeness (QED) is 0.699. The number of hydrogen-bond acceptors (Lipinski definition) is 4. The van der Waals surface area contributed by atoms with Crippen molar-refractivity contribution < 1.29 is 4.79 Å². The maximum Gasteiger partial charge on any atom is 0.241 e. The van der Waals surface area contributed by atoms with Gasteiger partial charge in [0.05, 0.1) is 11.7 Å². The van der Waals surface area contributed by atoms with Gasteiger partial charge in [0.25, 0.3) is 0 Å². The van der Waals surface area contributed by atoms with Crippen molar-refractivity contribution in [1.82, 2.24) is 24.2 Å². The van der Waals surface area contributed by atoms with Gasteiger partial charge in [-0.3, -0.25) is 14.4 Å². The molecule has 0 saturated carbocycles. The van der Waals surface area contributed by atoms with Crippen LogP contribution in [0.1, 0.15) is 36.8 Å². The molecule has 7 nitrogen and oxygen atoms in total. The molecule has 1 aromatic carbocycles. The van der Waals surface area contributed by atoms with Crippen LogP contribution < -0.4 is 5.32 Å². The summed E-state index contributed by atoms with van der Waals surface area (Å²) < 4.78 is 3.97. The number of hydrogen-bond donors (Lipinski definition) is 1. The molecule has 29 heavy (non-hydrogen) atoms. The molecule has 3 aromatic rings. The Balaban J connectivity index is 1.42. The second kappa shape index (κ2) is 8.21. The minimum absolute atomic E-state index is 0.0644. The van der Waals surface area contributed by atoms with E-state index in [1.807, 2.05) is 53.6 Å². The molecule has 2 aromatic heterocycles. The lowest BCUT2D eigenvalue weighted by Crippen LogP contribution is -2.39. The number of likely N-dealkylation sites (tertiary alicyclic amines) is 1. The normalized spacial score (nSPS) is 17.0. The van der Waals surface area contributed by atoms with Gasteiger partial charge in [-0.15, -0.1) is 0 Å². The summed E-state index contributed by atoms with van der Waals surface area (Å²) in [6.07, 6.45) is 7.74. The second-order valence-corrected chi connectivity index (χ2v) is 7.60. The van der Waals surface area contributed by atoms with Gasteiger partial charge in [0, 0.05) is 48.6 Å². The van der Waals surface area contributed by atoms with Gasteiger partial charge in [-0.1, -0.05) is 0 Å². The first-order valence-corrected chi connectivity index (χ1v) is 10.2. The molecule has 0 spiro atoms. The Bertz CT molecular complexity index is 987. The fourth-order valence-corrected chi connectivity index (χ4v) is 3.99. The highest BCUT2D eigenvalue weighted by molar-refractivity contribution is 5.95. The standard InChI is InChI=1S/C22H28N6O/c1-4-27-15-18(16(2)25-27)14-26-12-5-6-21(26)22(29)24-19-7-9-20(10-8-19)28-13-11-23-17(28)3/h7-11,13,15,21H,4-6,12,14H2,1-3H3,(H,24,29)/t21-/m1/s1. The number of nitrogens with zero attached hydrogens (tertiary/aromatic N) is 5. The van der Waals surface area contributed by atoms with E-state index in [4.69, 9.17) is 0 Å². The van der Waals surface area contributed by atoms with Crippen molar-refractivity contribution in [3.63, 3.8) is 0 Å². The molecule has 152 valence electrons. The summed E-state index contributed by atoms with van der Waals surface area (Å²) in [5.41, 5.74) is 4.09. The molecule has 1 fully saturated rings. The van der Waals surface area contributed by atoms with Crippen molar-refractivity contribution >= 4 is 11.6 Å². The van der Waals surface area contributed by atoms with Crippen molar-refractivity contribution in [2.45, 2.75) is 52.7 Å². The zero-order chi connectivity index (χ0) is 20.4. The lowest BCUT2D eigenvalue weighted by atomic mass is 10.1. The Morgan fingerprint density at radius 3 is 2.69 bits per heavy atom. The maximum atomic E-state index is 12.9. The van der Waals surface area contributed by atoms with Crippen LogP contribution in [0.2, 0.25) is 0 Å². The Hall–Kier alpha value is -2.93. The fraction of sp³-hybridized carbons (Fsp3) is 0.409. The number of aromatic nitrogens is 4. The van der Waals surface area contributed by atoms with Crippen LogP contribution in [0.5, 0.6) is 0 Å². The third kappa shape index (κ3) is 4.10. The lowest BCUT2D eigenvalue weighted by molar-refractivity contribution is -0.120. The van der Waals surface area contributed by atoms with Gasteiger partial charge in [0.1, 0.15) is 5.82 Å². The van der Waals surface area contributed by atoms with Crippen LogP contribution in [0.4, 0.5) is 5.69 Å². The molecule has 1 aliphatic rings. The van der Waals surface area contributed by atoms with Crippen LogP contribution in [-0.2, 0) is 17.9 Å². The van der Waals surface area contributed by atoms with Gasteiger partial charge in [-0.05, 0) is 64.4 Å². The van der Waals surface area contributed by atoms with Crippen molar-refractivity contribution in [3.8, 4) is 5.69 Å². The highest BCUT2D eigenvalue weighted by Gasteiger charge is 2.31. The monoisotopic (exact) mass is 392 g/mol. The van der Waals surface area contributed by atoms with E-state index in [-0.39, 0.29) is 11.9 Å². The molecule has 0 unspecified atom stereocenters. The van der Waals surface area contributed by atoms with E-state index in [1.54, 1.807) is 6.20 Å². The minimum atomic E-state index is -0.102. The number of carbonyl (C=O) groups excluding carboxylic acids is 1. The fourth-order valence-electron chi connectivity index (χ4n) is 3.99. The van der Waals surface area contributed by atoms with E-state index in [0.717, 1.165) is 55.4 Å². The number of imidazole rings is 1. The van der Waals surface area contributed by atoms with E-state index in [9.17, 15) is 4.79 Å². The minimum Gasteiger partial charge on any atom is -0.325 e. The molecule has 0 radical (unpaired) electrons. The first-order valence-electron chi connectivity index (χ1n) is 10.2. The molecule has 7 heteroatoms. The van der Waals surface area contributed by atoms with Crippen LogP contribution in [-0.4, -0.2) is 42.7 Å². The average Bonchev–Trinajstić information content (AvgIpc) is 3.43. The Morgan fingerprint density at radius 1 is 1.24 bits per heavy atom. The third-order valence-electron chi connectivity index (χ3n) is 5.65. The molecule has 1 N–H and O–H groups in total. The summed E-state index contributed by atoms with van der Waals surface area (Å²) in [5, 5.41) is 7.62. The van der Waals surface area contributed by atoms with Crippen molar-refractivity contribution in [1.29, 1.82) is 0 Å². The molecule has 1 aliphatic heterocycles. The highest BCUT2D eigenvalue weighted by atomic mass is 16.2. The Morgan fingerprint density at radius 2 is 2.03 bits per heavy atom. The number of benzene rings is 1. The zero-order valence-corrected chi connectivity index (χ0v) is 17.3. The number of aryl methyl sites for hydroxylation is 3. The van der Waals surface area contributed by atoms with E-state index >= 15 is 0 Å². The van der Waals surface area contributed by atoms with Crippen molar-refractivity contribution in [2.24, 2.45) is 0 Å². The number of carbonyl (C=O) groups is 1. The first-order chi connectivity index (χ1) is 14.0. The van der Waals surface area contributed by atoms with Crippen LogP contribution in [0.3, 0.4) is 0 Å². The molecule has 0 aliphatic carbocycles. The average molecular weight is 393 g/mol. The van der Waals surface area contributed by atoms with Gasteiger partial charge in [0.2, 0.25) is 5.91 Å².